The lowest BCUT2D eigenvalue weighted by Crippen LogP contribution is -1.87. The van der Waals surface area contributed by atoms with Crippen molar-refractivity contribution in [1.29, 1.82) is 0 Å². The van der Waals surface area contributed by atoms with Gasteiger partial charge < -0.3 is 5.21 Å². The van der Waals surface area contributed by atoms with Gasteiger partial charge in [-0.3, -0.25) is 0 Å². The molecule has 0 aromatic carbocycles. The quantitative estimate of drug-likeness (QED) is 0.287. The van der Waals surface area contributed by atoms with E-state index in [9.17, 15) is 0 Å². The zero-order chi connectivity index (χ0) is 8.53. The Balaban J connectivity index is 3.02. The SMILES string of the molecule is CCCCCCC/C(Cl)=N\O. The first-order valence-electron chi connectivity index (χ1n) is 4.17. The lowest BCUT2D eigenvalue weighted by Gasteiger charge is -1.96. The largest absolute Gasteiger partial charge is 0.410 e. The van der Waals surface area contributed by atoms with E-state index in [1.54, 1.807) is 0 Å². The highest BCUT2D eigenvalue weighted by atomic mass is 35.5. The molecule has 66 valence electrons. The summed E-state index contributed by atoms with van der Waals surface area (Å²) in [5, 5.41) is 11.4. The van der Waals surface area contributed by atoms with E-state index in [2.05, 4.69) is 12.1 Å². The van der Waals surface area contributed by atoms with Gasteiger partial charge in [0.1, 0.15) is 5.17 Å². The van der Waals surface area contributed by atoms with Crippen molar-refractivity contribution in [2.24, 2.45) is 5.16 Å². The van der Waals surface area contributed by atoms with Crippen LogP contribution in [0.15, 0.2) is 5.16 Å². The van der Waals surface area contributed by atoms with Gasteiger partial charge in [-0.15, -0.1) is 0 Å². The molecule has 0 aliphatic rings. The zero-order valence-electron chi connectivity index (χ0n) is 7.02. The van der Waals surface area contributed by atoms with Gasteiger partial charge in [0.2, 0.25) is 0 Å². The average Bonchev–Trinajstić information content (AvgIpc) is 2.04. The van der Waals surface area contributed by atoms with Crippen LogP contribution in [0.5, 0.6) is 0 Å². The second kappa shape index (κ2) is 7.86. The Morgan fingerprint density at radius 3 is 2.45 bits per heavy atom. The van der Waals surface area contributed by atoms with E-state index >= 15 is 0 Å². The van der Waals surface area contributed by atoms with E-state index < -0.39 is 0 Å². The second-order valence-electron chi connectivity index (χ2n) is 2.64. The zero-order valence-corrected chi connectivity index (χ0v) is 7.77. The Hall–Kier alpha value is -0.240. The van der Waals surface area contributed by atoms with Crippen molar-refractivity contribution in [3.63, 3.8) is 0 Å². The Kier molecular flexibility index (Phi) is 7.69. The van der Waals surface area contributed by atoms with Crippen LogP contribution >= 0.6 is 11.6 Å². The fourth-order valence-corrected chi connectivity index (χ4v) is 1.06. The van der Waals surface area contributed by atoms with E-state index in [-0.39, 0.29) is 0 Å². The lowest BCUT2D eigenvalue weighted by molar-refractivity contribution is 0.319. The minimum absolute atomic E-state index is 0.321. The first-order valence-corrected chi connectivity index (χ1v) is 4.55. The predicted molar refractivity (Wildman–Crippen MR) is 48.5 cm³/mol. The van der Waals surface area contributed by atoms with Crippen LogP contribution in [0, 0.1) is 0 Å². The van der Waals surface area contributed by atoms with Crippen molar-refractivity contribution < 1.29 is 5.21 Å². The van der Waals surface area contributed by atoms with Crippen LogP contribution in [0.3, 0.4) is 0 Å². The molecule has 0 amide bonds. The molecule has 0 unspecified atom stereocenters. The van der Waals surface area contributed by atoms with E-state index in [4.69, 9.17) is 16.8 Å². The summed E-state index contributed by atoms with van der Waals surface area (Å²) in [4.78, 5) is 0. The van der Waals surface area contributed by atoms with Crippen molar-refractivity contribution in [2.45, 2.75) is 45.4 Å². The summed E-state index contributed by atoms with van der Waals surface area (Å²) in [6, 6.07) is 0. The van der Waals surface area contributed by atoms with Crippen LogP contribution in [0.2, 0.25) is 0 Å². The Morgan fingerprint density at radius 2 is 1.91 bits per heavy atom. The minimum atomic E-state index is 0.321. The number of rotatable bonds is 6. The van der Waals surface area contributed by atoms with Crippen molar-refractivity contribution in [3.8, 4) is 0 Å². The normalized spacial score (nSPS) is 12.0. The summed E-state index contributed by atoms with van der Waals surface area (Å²) in [7, 11) is 0. The first kappa shape index (κ1) is 10.8. The number of unbranched alkanes of at least 4 members (excludes halogenated alkanes) is 4. The molecular formula is C8H16ClNO. The van der Waals surface area contributed by atoms with Crippen molar-refractivity contribution in [1.82, 2.24) is 0 Å². The second-order valence-corrected chi connectivity index (χ2v) is 3.08. The predicted octanol–water partition coefficient (Wildman–Crippen LogP) is 3.37. The molecule has 3 heteroatoms. The van der Waals surface area contributed by atoms with Crippen LogP contribution < -0.4 is 0 Å². The molecule has 1 N–H and O–H groups in total. The molecule has 0 aromatic rings. The van der Waals surface area contributed by atoms with Crippen molar-refractivity contribution in [2.75, 3.05) is 0 Å². The van der Waals surface area contributed by atoms with E-state index in [1.807, 2.05) is 0 Å². The molecular weight excluding hydrogens is 162 g/mol. The van der Waals surface area contributed by atoms with E-state index in [0.29, 0.717) is 11.6 Å². The summed E-state index contributed by atoms with van der Waals surface area (Å²) in [6.45, 7) is 2.18. The van der Waals surface area contributed by atoms with Gasteiger partial charge in [-0.05, 0) is 6.42 Å². The molecule has 0 rings (SSSR count). The molecule has 0 radical (unpaired) electrons. The number of hydrogen-bond acceptors (Lipinski definition) is 2. The molecule has 0 saturated heterocycles. The number of oxime groups is 1. The number of nitrogens with zero attached hydrogens (tertiary/aromatic N) is 1. The van der Waals surface area contributed by atoms with E-state index in [0.717, 1.165) is 6.42 Å². The minimum Gasteiger partial charge on any atom is -0.410 e. The van der Waals surface area contributed by atoms with Crippen molar-refractivity contribution >= 4 is 16.8 Å². The average molecular weight is 178 g/mol. The smallest absolute Gasteiger partial charge is 0.145 e. The summed E-state index contributed by atoms with van der Waals surface area (Å²) in [5.74, 6) is 0. The van der Waals surface area contributed by atoms with Gasteiger partial charge in [-0.1, -0.05) is 49.4 Å². The van der Waals surface area contributed by atoms with Crippen molar-refractivity contribution in [3.05, 3.63) is 0 Å². The summed E-state index contributed by atoms with van der Waals surface area (Å²) in [5.41, 5.74) is 0. The maximum atomic E-state index is 8.19. The van der Waals surface area contributed by atoms with Gasteiger partial charge in [0.25, 0.3) is 0 Å². The first-order chi connectivity index (χ1) is 5.31. The fraction of sp³-hybridized carbons (Fsp3) is 0.875. The van der Waals surface area contributed by atoms with Gasteiger partial charge in [-0.2, -0.15) is 0 Å². The molecule has 0 aliphatic carbocycles. The highest BCUT2D eigenvalue weighted by molar-refractivity contribution is 6.65. The highest BCUT2D eigenvalue weighted by Crippen LogP contribution is 2.06. The third-order valence-corrected chi connectivity index (χ3v) is 1.86. The topological polar surface area (TPSA) is 32.6 Å². The summed E-state index contributed by atoms with van der Waals surface area (Å²) < 4.78 is 0. The third-order valence-electron chi connectivity index (χ3n) is 1.60. The maximum absolute atomic E-state index is 8.19. The van der Waals surface area contributed by atoms with Crippen LogP contribution in [-0.2, 0) is 0 Å². The van der Waals surface area contributed by atoms with Crippen LogP contribution in [0.4, 0.5) is 0 Å². The van der Waals surface area contributed by atoms with Gasteiger partial charge in [0.15, 0.2) is 0 Å². The molecule has 0 aliphatic heterocycles. The number of hydrogen-bond donors (Lipinski definition) is 1. The van der Waals surface area contributed by atoms with Gasteiger partial charge >= 0.3 is 0 Å². The molecule has 11 heavy (non-hydrogen) atoms. The molecule has 0 heterocycles. The highest BCUT2D eigenvalue weighted by Gasteiger charge is 1.94. The monoisotopic (exact) mass is 177 g/mol. The molecule has 0 saturated carbocycles. The maximum Gasteiger partial charge on any atom is 0.145 e. The standard InChI is InChI=1S/C8H16ClNO/c1-2-3-4-5-6-7-8(9)10-11/h11H,2-7H2,1H3/b10-8+. The van der Waals surface area contributed by atoms with Crippen LogP contribution in [0.25, 0.3) is 0 Å². The van der Waals surface area contributed by atoms with E-state index in [1.165, 1.54) is 25.7 Å². The van der Waals surface area contributed by atoms with Crippen LogP contribution in [-0.4, -0.2) is 10.4 Å². The van der Waals surface area contributed by atoms with Gasteiger partial charge in [0.05, 0.1) is 0 Å². The van der Waals surface area contributed by atoms with Gasteiger partial charge in [-0.25, -0.2) is 0 Å². The molecule has 0 spiro atoms. The molecule has 0 aromatic heterocycles. The molecule has 0 atom stereocenters. The summed E-state index contributed by atoms with van der Waals surface area (Å²) >= 11 is 5.48. The third kappa shape index (κ3) is 7.66. The Morgan fingerprint density at radius 1 is 1.27 bits per heavy atom. The fourth-order valence-electron chi connectivity index (χ4n) is 0.924. The Labute approximate surface area is 73.2 Å². The molecule has 0 bridgehead atoms. The molecule has 2 nitrogen and oxygen atoms in total. The summed E-state index contributed by atoms with van der Waals surface area (Å²) in [6.07, 6.45) is 6.71. The van der Waals surface area contributed by atoms with Gasteiger partial charge in [0, 0.05) is 6.42 Å². The van der Waals surface area contributed by atoms with Crippen LogP contribution in [0.1, 0.15) is 45.4 Å². The lowest BCUT2D eigenvalue weighted by atomic mass is 10.1. The molecule has 0 fully saturated rings. The number of halogens is 1. The Bertz CT molecular complexity index is 115.